The fourth-order valence-corrected chi connectivity index (χ4v) is 1.77. The summed E-state index contributed by atoms with van der Waals surface area (Å²) in [5.74, 6) is -0.191. The molecule has 5 heteroatoms. The summed E-state index contributed by atoms with van der Waals surface area (Å²) in [5, 5.41) is 9.23. The van der Waals surface area contributed by atoms with E-state index in [2.05, 4.69) is 0 Å². The van der Waals surface area contributed by atoms with Crippen LogP contribution in [0.1, 0.15) is 16.7 Å². The first-order valence-corrected chi connectivity index (χ1v) is 5.95. The molecule has 0 spiro atoms. The summed E-state index contributed by atoms with van der Waals surface area (Å²) in [6.07, 6.45) is -4.58. The standard InChI is InChI=1S/C15H13F3O2/c1-10-3-2-4-12(7-10)20-9-11-5-6-14(19)13(8-11)15(16,17)18/h2-8,19H,9H2,1H3. The second kappa shape index (κ2) is 5.45. The van der Waals surface area contributed by atoms with Crippen molar-refractivity contribution in [1.29, 1.82) is 0 Å². The number of benzene rings is 2. The minimum Gasteiger partial charge on any atom is -0.507 e. The maximum absolute atomic E-state index is 12.6. The predicted octanol–water partition coefficient (Wildman–Crippen LogP) is 4.30. The smallest absolute Gasteiger partial charge is 0.419 e. The van der Waals surface area contributed by atoms with Crippen LogP contribution in [0.5, 0.6) is 11.5 Å². The molecule has 0 aliphatic heterocycles. The highest BCUT2D eigenvalue weighted by Gasteiger charge is 2.33. The Morgan fingerprint density at radius 3 is 2.50 bits per heavy atom. The lowest BCUT2D eigenvalue weighted by Crippen LogP contribution is -2.07. The van der Waals surface area contributed by atoms with Gasteiger partial charge in [-0.3, -0.25) is 0 Å². The maximum atomic E-state index is 12.6. The highest BCUT2D eigenvalue weighted by Crippen LogP contribution is 2.36. The van der Waals surface area contributed by atoms with E-state index in [4.69, 9.17) is 4.74 Å². The van der Waals surface area contributed by atoms with Crippen LogP contribution in [0.3, 0.4) is 0 Å². The van der Waals surface area contributed by atoms with Crippen LogP contribution in [-0.2, 0) is 12.8 Å². The first-order valence-electron chi connectivity index (χ1n) is 5.95. The van der Waals surface area contributed by atoms with Gasteiger partial charge in [0.15, 0.2) is 0 Å². The highest BCUT2D eigenvalue weighted by atomic mass is 19.4. The fourth-order valence-electron chi connectivity index (χ4n) is 1.77. The number of hydrogen-bond acceptors (Lipinski definition) is 2. The average molecular weight is 282 g/mol. The van der Waals surface area contributed by atoms with Gasteiger partial charge in [-0.15, -0.1) is 0 Å². The van der Waals surface area contributed by atoms with Gasteiger partial charge in [-0.25, -0.2) is 0 Å². The molecule has 2 rings (SSSR count). The van der Waals surface area contributed by atoms with Gasteiger partial charge in [0.1, 0.15) is 18.1 Å². The minimum atomic E-state index is -4.58. The second-order valence-electron chi connectivity index (χ2n) is 4.45. The van der Waals surface area contributed by atoms with Crippen molar-refractivity contribution < 1.29 is 23.0 Å². The monoisotopic (exact) mass is 282 g/mol. The number of aryl methyl sites for hydroxylation is 1. The molecule has 0 aliphatic carbocycles. The summed E-state index contributed by atoms with van der Waals surface area (Å²) in [6.45, 7) is 1.90. The number of hydrogen-bond donors (Lipinski definition) is 1. The molecule has 0 heterocycles. The van der Waals surface area contributed by atoms with Gasteiger partial charge in [0.2, 0.25) is 0 Å². The zero-order valence-corrected chi connectivity index (χ0v) is 10.7. The second-order valence-corrected chi connectivity index (χ2v) is 4.45. The van der Waals surface area contributed by atoms with Gasteiger partial charge in [-0.05, 0) is 42.3 Å². The van der Waals surface area contributed by atoms with E-state index in [-0.39, 0.29) is 6.61 Å². The van der Waals surface area contributed by atoms with Crippen LogP contribution in [0.4, 0.5) is 13.2 Å². The van der Waals surface area contributed by atoms with E-state index >= 15 is 0 Å². The van der Waals surface area contributed by atoms with E-state index in [9.17, 15) is 18.3 Å². The van der Waals surface area contributed by atoms with Crippen LogP contribution in [0.2, 0.25) is 0 Å². The Labute approximate surface area is 114 Å². The zero-order valence-electron chi connectivity index (χ0n) is 10.7. The predicted molar refractivity (Wildman–Crippen MR) is 68.6 cm³/mol. The van der Waals surface area contributed by atoms with Gasteiger partial charge in [0.25, 0.3) is 0 Å². The molecule has 0 aliphatic rings. The molecule has 1 N–H and O–H groups in total. The first-order chi connectivity index (χ1) is 9.36. The number of phenolic OH excluding ortho intramolecular Hbond substituents is 1. The largest absolute Gasteiger partial charge is 0.507 e. The van der Waals surface area contributed by atoms with Crippen LogP contribution in [0.15, 0.2) is 42.5 Å². The lowest BCUT2D eigenvalue weighted by Gasteiger charge is -2.12. The summed E-state index contributed by atoms with van der Waals surface area (Å²) in [5.41, 5.74) is 0.295. The fraction of sp³-hybridized carbons (Fsp3) is 0.200. The molecule has 0 fully saturated rings. The van der Waals surface area contributed by atoms with E-state index in [1.54, 1.807) is 12.1 Å². The molecule has 2 aromatic rings. The summed E-state index contributed by atoms with van der Waals surface area (Å²) in [7, 11) is 0. The van der Waals surface area contributed by atoms with E-state index in [0.717, 1.165) is 17.7 Å². The molecule has 0 unspecified atom stereocenters. The van der Waals surface area contributed by atoms with Crippen LogP contribution >= 0.6 is 0 Å². The van der Waals surface area contributed by atoms with Crippen molar-refractivity contribution in [2.75, 3.05) is 0 Å². The molecule has 0 atom stereocenters. The molecule has 0 bridgehead atoms. The molecular weight excluding hydrogens is 269 g/mol. The molecule has 0 saturated heterocycles. The third-order valence-corrected chi connectivity index (χ3v) is 2.76. The van der Waals surface area contributed by atoms with Gasteiger partial charge in [-0.1, -0.05) is 18.2 Å². The topological polar surface area (TPSA) is 29.5 Å². The summed E-state index contributed by atoms with van der Waals surface area (Å²) in [6, 6.07) is 10.6. The van der Waals surface area contributed by atoms with Crippen LogP contribution in [-0.4, -0.2) is 5.11 Å². The zero-order chi connectivity index (χ0) is 14.8. The van der Waals surface area contributed by atoms with Crippen molar-refractivity contribution in [3.8, 4) is 11.5 Å². The lowest BCUT2D eigenvalue weighted by atomic mass is 10.1. The summed E-state index contributed by atoms with van der Waals surface area (Å²) >= 11 is 0. The molecule has 0 aromatic heterocycles. The molecule has 0 amide bonds. The van der Waals surface area contributed by atoms with Crippen molar-refractivity contribution >= 4 is 0 Å². The Balaban J connectivity index is 2.14. The van der Waals surface area contributed by atoms with Crippen molar-refractivity contribution in [3.05, 3.63) is 59.2 Å². The van der Waals surface area contributed by atoms with Crippen LogP contribution in [0.25, 0.3) is 0 Å². The molecule has 20 heavy (non-hydrogen) atoms. The Bertz CT molecular complexity index is 606. The Hall–Kier alpha value is -2.17. The quantitative estimate of drug-likeness (QED) is 0.909. The maximum Gasteiger partial charge on any atom is 0.419 e. The Morgan fingerprint density at radius 2 is 1.85 bits per heavy atom. The van der Waals surface area contributed by atoms with Crippen molar-refractivity contribution in [3.63, 3.8) is 0 Å². The van der Waals surface area contributed by atoms with E-state index in [1.165, 1.54) is 6.07 Å². The minimum absolute atomic E-state index is 0.00676. The van der Waals surface area contributed by atoms with Crippen LogP contribution < -0.4 is 4.74 Å². The number of rotatable bonds is 3. The van der Waals surface area contributed by atoms with Gasteiger partial charge in [0.05, 0.1) is 5.56 Å². The van der Waals surface area contributed by atoms with Gasteiger partial charge in [-0.2, -0.15) is 13.2 Å². The van der Waals surface area contributed by atoms with E-state index in [1.807, 2.05) is 19.1 Å². The molecule has 2 aromatic carbocycles. The Morgan fingerprint density at radius 1 is 1.10 bits per heavy atom. The van der Waals surface area contributed by atoms with Crippen molar-refractivity contribution in [1.82, 2.24) is 0 Å². The SMILES string of the molecule is Cc1cccc(OCc2ccc(O)c(C(F)(F)F)c2)c1. The molecule has 0 radical (unpaired) electrons. The molecule has 106 valence electrons. The number of aromatic hydroxyl groups is 1. The highest BCUT2D eigenvalue weighted by molar-refractivity contribution is 5.38. The van der Waals surface area contributed by atoms with Gasteiger partial charge >= 0.3 is 6.18 Å². The van der Waals surface area contributed by atoms with Crippen molar-refractivity contribution in [2.24, 2.45) is 0 Å². The Kier molecular flexibility index (Phi) is 3.88. The number of halogens is 3. The normalized spacial score (nSPS) is 11.4. The third kappa shape index (κ3) is 3.44. The van der Waals surface area contributed by atoms with Crippen molar-refractivity contribution in [2.45, 2.75) is 19.7 Å². The van der Waals surface area contributed by atoms with E-state index in [0.29, 0.717) is 11.3 Å². The number of alkyl halides is 3. The summed E-state index contributed by atoms with van der Waals surface area (Å²) in [4.78, 5) is 0. The average Bonchev–Trinajstić information content (AvgIpc) is 2.36. The number of ether oxygens (including phenoxy) is 1. The molecule has 2 nitrogen and oxygen atoms in total. The lowest BCUT2D eigenvalue weighted by molar-refractivity contribution is -0.138. The van der Waals surface area contributed by atoms with Gasteiger partial charge < -0.3 is 9.84 Å². The summed E-state index contributed by atoms with van der Waals surface area (Å²) < 4.78 is 43.4. The third-order valence-electron chi connectivity index (χ3n) is 2.76. The number of phenols is 1. The van der Waals surface area contributed by atoms with Crippen LogP contribution in [0, 0.1) is 6.92 Å². The van der Waals surface area contributed by atoms with Gasteiger partial charge in [0, 0.05) is 0 Å². The molecule has 0 saturated carbocycles. The molecular formula is C15H13F3O2. The first kappa shape index (κ1) is 14.2. The van der Waals surface area contributed by atoms with E-state index < -0.39 is 17.5 Å².